The summed E-state index contributed by atoms with van der Waals surface area (Å²) >= 11 is 3.37. The molecule has 0 spiro atoms. The van der Waals surface area contributed by atoms with Crippen molar-refractivity contribution in [2.75, 3.05) is 23.4 Å². The van der Waals surface area contributed by atoms with Crippen LogP contribution >= 0.6 is 15.9 Å². The van der Waals surface area contributed by atoms with Crippen molar-refractivity contribution in [3.05, 3.63) is 82.8 Å². The minimum absolute atomic E-state index is 0.130. The third kappa shape index (κ3) is 4.88. The summed E-state index contributed by atoms with van der Waals surface area (Å²) in [5.41, 5.74) is 1.78. The van der Waals surface area contributed by atoms with Gasteiger partial charge in [-0.25, -0.2) is 0 Å². The fourth-order valence-corrected chi connectivity index (χ4v) is 3.72. The van der Waals surface area contributed by atoms with Gasteiger partial charge in [0.1, 0.15) is 18.1 Å². The number of para-hydroxylation sites is 1. The van der Waals surface area contributed by atoms with Gasteiger partial charge in [-0.2, -0.15) is 0 Å². The lowest BCUT2D eigenvalue weighted by molar-refractivity contribution is -0.125. The molecular weight excluding hydrogens is 460 g/mol. The van der Waals surface area contributed by atoms with Crippen LogP contribution in [-0.2, 0) is 4.79 Å². The van der Waals surface area contributed by atoms with E-state index in [0.717, 1.165) is 10.2 Å². The fourth-order valence-electron chi connectivity index (χ4n) is 3.32. The number of carbonyl (C=O) groups is 2. The molecule has 0 saturated carbocycles. The van der Waals surface area contributed by atoms with Gasteiger partial charge in [0, 0.05) is 21.8 Å². The second-order valence-electron chi connectivity index (χ2n) is 7.06. The molecule has 1 atom stereocenters. The van der Waals surface area contributed by atoms with Crippen molar-refractivity contribution in [1.29, 1.82) is 0 Å². The van der Waals surface area contributed by atoms with Gasteiger partial charge in [-0.3, -0.25) is 9.59 Å². The fraction of sp³-hybridized carbons (Fsp3) is 0.167. The topological polar surface area (TPSA) is 67.9 Å². The summed E-state index contributed by atoms with van der Waals surface area (Å²) < 4.78 is 12.4. The average molecular weight is 481 g/mol. The number of amides is 2. The number of fused-ring (bicyclic) bond motifs is 1. The van der Waals surface area contributed by atoms with Gasteiger partial charge in [-0.15, -0.1) is 0 Å². The average Bonchev–Trinajstić information content (AvgIpc) is 2.77. The maximum absolute atomic E-state index is 12.7. The van der Waals surface area contributed by atoms with Crippen LogP contribution in [0.25, 0.3) is 0 Å². The number of benzene rings is 3. The van der Waals surface area contributed by atoms with Crippen molar-refractivity contribution in [3.63, 3.8) is 0 Å². The lowest BCUT2D eigenvalue weighted by atomic mass is 10.1. The molecule has 0 radical (unpaired) electrons. The van der Waals surface area contributed by atoms with Gasteiger partial charge in [-0.05, 0) is 49.4 Å². The predicted molar refractivity (Wildman–Crippen MR) is 123 cm³/mol. The van der Waals surface area contributed by atoms with Crippen LogP contribution in [0.2, 0.25) is 0 Å². The van der Waals surface area contributed by atoms with E-state index in [4.69, 9.17) is 9.47 Å². The standard InChI is InChI=1S/C24H21BrN2O4/c1-16-24(29)27(12-13-30-20-8-3-2-4-9-20)21-11-10-19(15-22(21)31-16)26-23(28)17-6-5-7-18(25)14-17/h2-11,14-16H,12-13H2,1H3,(H,26,28). The van der Waals surface area contributed by atoms with Crippen LogP contribution in [0.3, 0.4) is 0 Å². The van der Waals surface area contributed by atoms with Crippen LogP contribution in [0.5, 0.6) is 11.5 Å². The molecule has 0 aliphatic carbocycles. The summed E-state index contributed by atoms with van der Waals surface area (Å²) in [4.78, 5) is 26.9. The third-order valence-corrected chi connectivity index (χ3v) is 5.33. The van der Waals surface area contributed by atoms with E-state index in [1.54, 1.807) is 48.2 Å². The summed E-state index contributed by atoms with van der Waals surface area (Å²) in [5, 5.41) is 2.87. The highest BCUT2D eigenvalue weighted by Crippen LogP contribution is 2.36. The SMILES string of the molecule is CC1Oc2cc(NC(=O)c3cccc(Br)c3)ccc2N(CCOc2ccccc2)C1=O. The molecule has 158 valence electrons. The van der Waals surface area contributed by atoms with E-state index in [9.17, 15) is 9.59 Å². The van der Waals surface area contributed by atoms with Crippen LogP contribution in [0.4, 0.5) is 11.4 Å². The van der Waals surface area contributed by atoms with Gasteiger partial charge in [0.2, 0.25) is 0 Å². The molecular formula is C24H21BrN2O4. The van der Waals surface area contributed by atoms with E-state index in [1.807, 2.05) is 36.4 Å². The molecule has 0 fully saturated rings. The zero-order valence-corrected chi connectivity index (χ0v) is 18.5. The number of nitrogens with zero attached hydrogens (tertiary/aromatic N) is 1. The number of hydrogen-bond acceptors (Lipinski definition) is 4. The first-order valence-electron chi connectivity index (χ1n) is 9.88. The Kier molecular flexibility index (Phi) is 6.23. The highest BCUT2D eigenvalue weighted by molar-refractivity contribution is 9.10. The number of carbonyl (C=O) groups excluding carboxylic acids is 2. The van der Waals surface area contributed by atoms with E-state index in [1.165, 1.54) is 0 Å². The zero-order chi connectivity index (χ0) is 21.8. The van der Waals surface area contributed by atoms with Crippen molar-refractivity contribution in [2.24, 2.45) is 0 Å². The van der Waals surface area contributed by atoms with Crippen LogP contribution in [-0.4, -0.2) is 31.1 Å². The number of halogens is 1. The molecule has 3 aromatic carbocycles. The first-order valence-corrected chi connectivity index (χ1v) is 10.7. The minimum Gasteiger partial charge on any atom is -0.492 e. The van der Waals surface area contributed by atoms with E-state index >= 15 is 0 Å². The molecule has 2 amide bonds. The van der Waals surface area contributed by atoms with Gasteiger partial charge in [0.15, 0.2) is 6.10 Å². The van der Waals surface area contributed by atoms with Crippen molar-refractivity contribution >= 4 is 39.1 Å². The minimum atomic E-state index is -0.625. The lowest BCUT2D eigenvalue weighted by Gasteiger charge is -2.33. The second kappa shape index (κ2) is 9.22. The molecule has 1 unspecified atom stereocenters. The molecule has 1 heterocycles. The molecule has 1 N–H and O–H groups in total. The summed E-state index contributed by atoms with van der Waals surface area (Å²) in [6, 6.07) is 21.9. The molecule has 7 heteroatoms. The Morgan fingerprint density at radius 3 is 2.68 bits per heavy atom. The normalized spacial score (nSPS) is 15.1. The molecule has 6 nitrogen and oxygen atoms in total. The first kappa shape index (κ1) is 20.9. The first-order chi connectivity index (χ1) is 15.0. The highest BCUT2D eigenvalue weighted by atomic mass is 79.9. The third-order valence-electron chi connectivity index (χ3n) is 4.84. The summed E-state index contributed by atoms with van der Waals surface area (Å²) in [5.74, 6) is 0.935. The predicted octanol–water partition coefficient (Wildman–Crippen LogP) is 4.89. The van der Waals surface area contributed by atoms with Crippen molar-refractivity contribution in [2.45, 2.75) is 13.0 Å². The van der Waals surface area contributed by atoms with Crippen LogP contribution in [0.1, 0.15) is 17.3 Å². The highest BCUT2D eigenvalue weighted by Gasteiger charge is 2.31. The molecule has 0 saturated heterocycles. The Morgan fingerprint density at radius 1 is 1.10 bits per heavy atom. The van der Waals surface area contributed by atoms with Gasteiger partial charge in [-0.1, -0.05) is 40.2 Å². The molecule has 1 aliphatic rings. The number of ether oxygens (including phenoxy) is 2. The lowest BCUT2D eigenvalue weighted by Crippen LogP contribution is -2.46. The molecule has 3 aromatic rings. The number of nitrogens with one attached hydrogen (secondary N) is 1. The number of hydrogen-bond donors (Lipinski definition) is 1. The summed E-state index contributed by atoms with van der Waals surface area (Å²) in [6.45, 7) is 2.45. The van der Waals surface area contributed by atoms with E-state index in [0.29, 0.717) is 35.8 Å². The van der Waals surface area contributed by atoms with Gasteiger partial charge >= 0.3 is 0 Å². The molecule has 4 rings (SSSR count). The Labute approximate surface area is 188 Å². The quantitative estimate of drug-likeness (QED) is 0.544. The smallest absolute Gasteiger partial charge is 0.267 e. The van der Waals surface area contributed by atoms with Gasteiger partial charge < -0.3 is 19.7 Å². The van der Waals surface area contributed by atoms with Gasteiger partial charge in [0.05, 0.1) is 12.2 Å². The van der Waals surface area contributed by atoms with E-state index in [2.05, 4.69) is 21.2 Å². The zero-order valence-electron chi connectivity index (χ0n) is 16.9. The van der Waals surface area contributed by atoms with Crippen molar-refractivity contribution < 1.29 is 19.1 Å². The molecule has 0 aromatic heterocycles. The Bertz CT molecular complexity index is 1100. The summed E-state index contributed by atoms with van der Waals surface area (Å²) in [7, 11) is 0. The monoisotopic (exact) mass is 480 g/mol. The molecule has 0 bridgehead atoms. The summed E-state index contributed by atoms with van der Waals surface area (Å²) in [6.07, 6.45) is -0.625. The Morgan fingerprint density at radius 2 is 1.90 bits per heavy atom. The van der Waals surface area contributed by atoms with E-state index < -0.39 is 6.10 Å². The second-order valence-corrected chi connectivity index (χ2v) is 7.97. The molecule has 1 aliphatic heterocycles. The van der Waals surface area contributed by atoms with Crippen LogP contribution in [0.15, 0.2) is 77.3 Å². The maximum atomic E-state index is 12.7. The van der Waals surface area contributed by atoms with Gasteiger partial charge in [0.25, 0.3) is 11.8 Å². The van der Waals surface area contributed by atoms with Crippen molar-refractivity contribution in [1.82, 2.24) is 0 Å². The van der Waals surface area contributed by atoms with Crippen molar-refractivity contribution in [3.8, 4) is 11.5 Å². The number of rotatable bonds is 6. The maximum Gasteiger partial charge on any atom is 0.267 e. The Balaban J connectivity index is 1.48. The Hall–Kier alpha value is -3.32. The molecule has 31 heavy (non-hydrogen) atoms. The van der Waals surface area contributed by atoms with Crippen LogP contribution in [0, 0.1) is 0 Å². The van der Waals surface area contributed by atoms with E-state index in [-0.39, 0.29) is 11.8 Å². The van der Waals surface area contributed by atoms with Crippen LogP contribution < -0.4 is 19.7 Å². The largest absolute Gasteiger partial charge is 0.492 e. The number of anilines is 2.